The first-order chi connectivity index (χ1) is 52.3. The number of furan rings is 3. The highest BCUT2D eigenvalue weighted by molar-refractivity contribution is 9.10. The van der Waals surface area contributed by atoms with Gasteiger partial charge in [0.2, 0.25) is 0 Å². The van der Waals surface area contributed by atoms with E-state index in [4.69, 9.17) is 74.9 Å². The van der Waals surface area contributed by atoms with Gasteiger partial charge in [0.25, 0.3) is 0 Å². The molecule has 0 aliphatic rings. The molecule has 0 atom stereocenters. The van der Waals surface area contributed by atoms with Crippen LogP contribution in [0.5, 0.6) is 57.5 Å². The maximum atomic E-state index is 11.5. The third-order valence-corrected chi connectivity index (χ3v) is 16.6. The Hall–Kier alpha value is -11.7. The normalized spacial score (nSPS) is 10.4. The molecule has 23 nitrogen and oxygen atoms in total. The third-order valence-electron chi connectivity index (χ3n) is 15.8. The molecule has 0 unspecified atom stereocenters. The third kappa shape index (κ3) is 24.4. The SMILES string of the molecule is CCOC(COc1c(C=O)cc(C)cc1OC)OCC.COc1cc(C)cc(C=O)c1.COc1cc(C)cc(C=O)c1Br.COc1cc(C)cc(C=O)c1O.COc1cc(C)cc2cc(C=O)oc12.COc1cc(C)cc2cc(CO)oc12.COc1cc(C)cc2cc(COc3ccc4c(C)cc(=O)oc4c3)oc12. The number of hydrogen-bond donors (Lipinski definition) is 2. The van der Waals surface area contributed by atoms with Crippen LogP contribution in [0.4, 0.5) is 0 Å². The van der Waals surface area contributed by atoms with Crippen LogP contribution < -0.4 is 48.3 Å². The van der Waals surface area contributed by atoms with Crippen molar-refractivity contribution in [3.05, 3.63) is 232 Å². The zero-order valence-corrected chi connectivity index (χ0v) is 65.6. The molecule has 4 heterocycles. The first kappa shape index (κ1) is 86.2. The molecule has 0 saturated heterocycles. The number of phenols is 1. The summed E-state index contributed by atoms with van der Waals surface area (Å²) in [6.07, 6.45) is 3.20. The predicted molar refractivity (Wildman–Crippen MR) is 420 cm³/mol. The van der Waals surface area contributed by atoms with Gasteiger partial charge in [-0.3, -0.25) is 24.0 Å². The number of aryl methyl sites for hydroxylation is 8. The Morgan fingerprint density at radius 3 is 1.40 bits per heavy atom. The molecule has 8 aromatic carbocycles. The maximum Gasteiger partial charge on any atom is 0.336 e. The quantitative estimate of drug-likeness (QED) is 0.0341. The number of phenolic OH excluding ortho intramolecular Hbond substituents is 1. The molecule has 576 valence electrons. The zero-order valence-electron chi connectivity index (χ0n) is 64.0. The number of methoxy groups -OCH3 is 7. The Labute approximate surface area is 640 Å². The van der Waals surface area contributed by atoms with Gasteiger partial charge in [0.15, 0.2) is 94.2 Å². The van der Waals surface area contributed by atoms with Gasteiger partial charge < -0.3 is 80.0 Å². The zero-order chi connectivity index (χ0) is 80.0. The highest BCUT2D eigenvalue weighted by Gasteiger charge is 2.18. The number of rotatable bonds is 23. The van der Waals surface area contributed by atoms with Gasteiger partial charge in [0, 0.05) is 58.0 Å². The van der Waals surface area contributed by atoms with Crippen molar-refractivity contribution in [3.8, 4) is 57.5 Å². The fraction of sp³-hybridized carbons (Fsp3) is 0.271. The van der Waals surface area contributed by atoms with E-state index in [0.29, 0.717) is 133 Å². The summed E-state index contributed by atoms with van der Waals surface area (Å²) >= 11 is 3.28. The standard InChI is InChI=1S/C21H18O5.C15H22O5.C11H12O3.C11H10O3.C9H9BrO2.C9H10O3.C9H10O2/c1-12-6-14-9-16(25-21(14)19(7-12)23-3)11-24-15-4-5-17-13(2)8-20(22)26-18(17)10-15;1-5-18-14(19-6-2)10-20-15-12(9-16)7-11(3)8-13(15)17-4;2*1-7-3-8-5-9(6-12)14-11(8)10(4-7)13-2;1-6-3-7(5-11)9(10)8(4-6)12-2;1-6-3-7(5-10)9(11)8(4-6)12-2;1-7-3-8(6-10)5-9(4-7)11-2/h4-10H,11H2,1-3H3;7-9,14H,5-6,10H2,1-4H3;3-5,12H,6H2,1-2H3;3-6H,1-2H3;3-5H,1-2H3;3-5,11H,1-2H3;3-6H,1-2H3. The molecule has 4 aromatic heterocycles. The van der Waals surface area contributed by atoms with E-state index in [1.54, 1.807) is 85.1 Å². The summed E-state index contributed by atoms with van der Waals surface area (Å²) in [7, 11) is 11.0. The summed E-state index contributed by atoms with van der Waals surface area (Å²) in [5.41, 5.74) is 12.2. The Kier molecular flexibility index (Phi) is 33.7. The van der Waals surface area contributed by atoms with Crippen LogP contribution in [0.1, 0.15) is 122 Å². The predicted octanol–water partition coefficient (Wildman–Crippen LogP) is 18.1. The minimum absolute atomic E-state index is 0.0864. The van der Waals surface area contributed by atoms with Gasteiger partial charge in [-0.25, -0.2) is 4.79 Å². The average molecular weight is 1560 g/mol. The van der Waals surface area contributed by atoms with Crippen molar-refractivity contribution in [2.45, 2.75) is 88.7 Å². The van der Waals surface area contributed by atoms with Crippen molar-refractivity contribution in [2.75, 3.05) is 69.6 Å². The molecular formula is C85H91BrO23. The van der Waals surface area contributed by atoms with Crippen molar-refractivity contribution in [1.82, 2.24) is 0 Å². The van der Waals surface area contributed by atoms with Crippen molar-refractivity contribution < 1.29 is 104 Å². The molecule has 0 fully saturated rings. The summed E-state index contributed by atoms with van der Waals surface area (Å²) in [5, 5.41) is 22.0. The highest BCUT2D eigenvalue weighted by Crippen LogP contribution is 2.36. The number of aliphatic hydroxyl groups excluding tert-OH is 1. The minimum atomic E-state index is -0.462. The van der Waals surface area contributed by atoms with E-state index in [1.165, 1.54) is 13.2 Å². The molecule has 12 aromatic rings. The van der Waals surface area contributed by atoms with Gasteiger partial charge in [-0.1, -0.05) is 0 Å². The fourth-order valence-electron chi connectivity index (χ4n) is 10.9. The van der Waals surface area contributed by atoms with Crippen LogP contribution in [0, 0.1) is 55.4 Å². The lowest BCUT2D eigenvalue weighted by atomic mass is 10.1. The van der Waals surface area contributed by atoms with Crippen LogP contribution >= 0.6 is 15.9 Å². The van der Waals surface area contributed by atoms with Gasteiger partial charge >= 0.3 is 5.63 Å². The van der Waals surface area contributed by atoms with Gasteiger partial charge in [-0.15, -0.1) is 0 Å². The molecule has 0 radical (unpaired) electrons. The largest absolute Gasteiger partial charge is 0.504 e. The summed E-state index contributed by atoms with van der Waals surface area (Å²) in [4.78, 5) is 64.6. The molecule has 109 heavy (non-hydrogen) atoms. The average Bonchev–Trinajstić information content (AvgIpc) is 1.74. The van der Waals surface area contributed by atoms with Crippen molar-refractivity contribution >= 4 is 91.2 Å². The van der Waals surface area contributed by atoms with Crippen LogP contribution in [-0.4, -0.2) is 118 Å². The molecule has 2 N–H and O–H groups in total. The van der Waals surface area contributed by atoms with Gasteiger partial charge in [0.1, 0.15) is 60.5 Å². The lowest BCUT2D eigenvalue weighted by Gasteiger charge is -2.19. The van der Waals surface area contributed by atoms with Crippen molar-refractivity contribution in [2.24, 2.45) is 0 Å². The molecular weight excluding hydrogens is 1470 g/mol. The van der Waals surface area contributed by atoms with Gasteiger partial charge in [-0.2, -0.15) is 0 Å². The van der Waals surface area contributed by atoms with Crippen LogP contribution in [-0.2, 0) is 22.7 Å². The summed E-state index contributed by atoms with van der Waals surface area (Å²) in [5.74, 6) is 6.84. The van der Waals surface area contributed by atoms with E-state index >= 15 is 0 Å². The summed E-state index contributed by atoms with van der Waals surface area (Å²) in [6, 6.07) is 40.0. The molecule has 0 amide bonds. The van der Waals surface area contributed by atoms with E-state index in [9.17, 15) is 33.9 Å². The number of carbonyl (C=O) groups excluding carboxylic acids is 5. The smallest absolute Gasteiger partial charge is 0.336 e. The van der Waals surface area contributed by atoms with Crippen LogP contribution in [0.2, 0.25) is 0 Å². The molecule has 0 saturated carbocycles. The number of benzene rings is 8. The summed E-state index contributed by atoms with van der Waals surface area (Å²) < 4.78 is 80.7. The molecule has 0 spiro atoms. The number of hydrogen-bond acceptors (Lipinski definition) is 23. The molecule has 24 heteroatoms. The number of carbonyl (C=O) groups is 5. The molecule has 12 rings (SSSR count). The number of aromatic hydroxyl groups is 1. The van der Waals surface area contributed by atoms with E-state index in [1.807, 2.05) is 154 Å². The Balaban J connectivity index is 0.000000204. The number of aliphatic hydroxyl groups is 1. The summed E-state index contributed by atoms with van der Waals surface area (Å²) in [6.45, 7) is 20.6. The first-order valence-corrected chi connectivity index (χ1v) is 34.8. The minimum Gasteiger partial charge on any atom is -0.504 e. The van der Waals surface area contributed by atoms with Gasteiger partial charge in [-0.05, 0) is 251 Å². The van der Waals surface area contributed by atoms with Gasteiger partial charge in [0.05, 0.1) is 65.4 Å². The van der Waals surface area contributed by atoms with Crippen molar-refractivity contribution in [3.63, 3.8) is 0 Å². The first-order valence-electron chi connectivity index (χ1n) is 34.0. The van der Waals surface area contributed by atoms with Crippen LogP contribution in [0.3, 0.4) is 0 Å². The highest BCUT2D eigenvalue weighted by atomic mass is 79.9. The lowest BCUT2D eigenvalue weighted by Crippen LogP contribution is -2.25. The molecule has 0 aliphatic carbocycles. The monoisotopic (exact) mass is 1560 g/mol. The molecule has 0 aliphatic heterocycles. The number of halogens is 1. The van der Waals surface area contributed by atoms with E-state index in [-0.39, 0.29) is 36.8 Å². The Morgan fingerprint density at radius 2 is 0.899 bits per heavy atom. The topological polar surface area (TPSA) is 297 Å². The van der Waals surface area contributed by atoms with Crippen LogP contribution in [0.15, 0.2) is 160 Å². The number of fused-ring (bicyclic) bond motifs is 4. The Bertz CT molecular complexity index is 5050. The second kappa shape index (κ2) is 42.6. The van der Waals surface area contributed by atoms with E-state index in [2.05, 4.69) is 15.9 Å². The number of aldehydes is 5. The van der Waals surface area contributed by atoms with E-state index in [0.717, 1.165) is 90.7 Å². The second-order valence-electron chi connectivity index (χ2n) is 24.3. The second-order valence-corrected chi connectivity index (χ2v) is 25.1. The van der Waals surface area contributed by atoms with Crippen molar-refractivity contribution in [1.29, 1.82) is 0 Å². The number of ether oxygens (including phenoxy) is 11. The Morgan fingerprint density at radius 1 is 0.431 bits per heavy atom. The molecule has 0 bridgehead atoms. The lowest BCUT2D eigenvalue weighted by molar-refractivity contribution is -0.152. The maximum absolute atomic E-state index is 11.5. The van der Waals surface area contributed by atoms with E-state index < -0.39 is 6.29 Å². The van der Waals surface area contributed by atoms with Crippen LogP contribution in [0.25, 0.3) is 43.9 Å². The fourth-order valence-corrected chi connectivity index (χ4v) is 11.4.